The van der Waals surface area contributed by atoms with Gasteiger partial charge >= 0.3 is 0 Å². The highest BCUT2D eigenvalue weighted by atomic mass is 16.1. The quantitative estimate of drug-likeness (QED) is 0.886. The zero-order chi connectivity index (χ0) is 13.8. The van der Waals surface area contributed by atoms with Crippen LogP contribution in [0, 0.1) is 0 Å². The highest BCUT2D eigenvalue weighted by molar-refractivity contribution is 5.89. The molecule has 2 N–H and O–H groups in total. The first-order valence-electron chi connectivity index (χ1n) is 6.17. The second kappa shape index (κ2) is 5.56. The Morgan fingerprint density at radius 3 is 2.74 bits per heavy atom. The molecule has 19 heavy (non-hydrogen) atoms. The number of imidazole rings is 1. The van der Waals surface area contributed by atoms with Gasteiger partial charge in [0.1, 0.15) is 5.82 Å². The molecule has 1 unspecified atom stereocenters. The van der Waals surface area contributed by atoms with Crippen molar-refractivity contribution in [1.29, 1.82) is 0 Å². The van der Waals surface area contributed by atoms with Gasteiger partial charge in [0.25, 0.3) is 0 Å². The van der Waals surface area contributed by atoms with Crippen LogP contribution in [0.25, 0.3) is 0 Å². The number of carbonyl (C=O) groups is 1. The fraction of sp³-hybridized carbons (Fsp3) is 0.286. The maximum absolute atomic E-state index is 11.0. The molecule has 5 nitrogen and oxygen atoms in total. The summed E-state index contributed by atoms with van der Waals surface area (Å²) in [7, 11) is 1.97. The van der Waals surface area contributed by atoms with Crippen LogP contribution in [0.5, 0.6) is 0 Å². The number of hydrogen-bond acceptors (Lipinski definition) is 3. The van der Waals surface area contributed by atoms with Crippen molar-refractivity contribution in [2.45, 2.75) is 19.9 Å². The van der Waals surface area contributed by atoms with Crippen molar-refractivity contribution in [2.24, 2.45) is 7.05 Å². The fourth-order valence-corrected chi connectivity index (χ4v) is 2.00. The largest absolute Gasteiger partial charge is 0.375 e. The number of carbonyl (C=O) groups excluding carboxylic acids is 1. The summed E-state index contributed by atoms with van der Waals surface area (Å²) in [6.45, 7) is 3.55. The van der Waals surface area contributed by atoms with Crippen molar-refractivity contribution in [3.05, 3.63) is 42.5 Å². The van der Waals surface area contributed by atoms with E-state index in [1.807, 2.05) is 49.0 Å². The number of aryl methyl sites for hydroxylation is 1. The number of aromatic nitrogens is 2. The minimum atomic E-state index is -0.0747. The molecule has 1 aromatic carbocycles. The zero-order valence-corrected chi connectivity index (χ0v) is 11.3. The van der Waals surface area contributed by atoms with Gasteiger partial charge in [0, 0.05) is 37.7 Å². The van der Waals surface area contributed by atoms with E-state index in [0.29, 0.717) is 0 Å². The first-order chi connectivity index (χ1) is 9.06. The highest BCUT2D eigenvalue weighted by Crippen LogP contribution is 2.20. The average Bonchev–Trinajstić information content (AvgIpc) is 2.75. The average molecular weight is 258 g/mol. The number of anilines is 2. The molecular formula is C14H18N4O. The van der Waals surface area contributed by atoms with E-state index in [-0.39, 0.29) is 11.9 Å². The van der Waals surface area contributed by atoms with Crippen LogP contribution in [0.4, 0.5) is 11.4 Å². The lowest BCUT2D eigenvalue weighted by Gasteiger charge is -2.15. The van der Waals surface area contributed by atoms with E-state index in [2.05, 4.69) is 15.6 Å². The van der Waals surface area contributed by atoms with Crippen LogP contribution in [0.3, 0.4) is 0 Å². The van der Waals surface area contributed by atoms with Crippen LogP contribution in [0.2, 0.25) is 0 Å². The van der Waals surface area contributed by atoms with Crippen LogP contribution in [-0.4, -0.2) is 15.5 Å². The third-order valence-electron chi connectivity index (χ3n) is 2.81. The summed E-state index contributed by atoms with van der Waals surface area (Å²) < 4.78 is 1.98. The van der Waals surface area contributed by atoms with Crippen LogP contribution in [-0.2, 0) is 11.8 Å². The minimum Gasteiger partial charge on any atom is -0.375 e. The molecular weight excluding hydrogens is 240 g/mol. The Morgan fingerprint density at radius 1 is 1.37 bits per heavy atom. The molecule has 1 amide bonds. The van der Waals surface area contributed by atoms with Crippen LogP contribution in [0.1, 0.15) is 25.7 Å². The van der Waals surface area contributed by atoms with E-state index < -0.39 is 0 Å². The molecule has 5 heteroatoms. The Labute approximate surface area is 112 Å². The summed E-state index contributed by atoms with van der Waals surface area (Å²) in [6.07, 6.45) is 3.70. The van der Waals surface area contributed by atoms with Gasteiger partial charge < -0.3 is 15.2 Å². The third-order valence-corrected chi connectivity index (χ3v) is 2.81. The molecule has 2 aromatic rings. The van der Waals surface area contributed by atoms with Crippen molar-refractivity contribution < 1.29 is 4.79 Å². The number of amides is 1. The summed E-state index contributed by atoms with van der Waals surface area (Å²) >= 11 is 0. The van der Waals surface area contributed by atoms with E-state index in [1.165, 1.54) is 6.92 Å². The molecule has 0 aliphatic carbocycles. The Bertz CT molecular complexity index is 576. The molecule has 0 aliphatic heterocycles. The number of benzene rings is 1. The number of nitrogens with one attached hydrogen (secondary N) is 2. The highest BCUT2D eigenvalue weighted by Gasteiger charge is 2.10. The smallest absolute Gasteiger partial charge is 0.221 e. The van der Waals surface area contributed by atoms with Crippen molar-refractivity contribution in [2.75, 3.05) is 10.6 Å². The predicted octanol–water partition coefficient (Wildman–Crippen LogP) is 2.55. The number of hydrogen-bond donors (Lipinski definition) is 2. The maximum atomic E-state index is 11.0. The minimum absolute atomic E-state index is 0.0747. The predicted molar refractivity (Wildman–Crippen MR) is 76.0 cm³/mol. The molecule has 0 saturated heterocycles. The topological polar surface area (TPSA) is 59.0 Å². The molecule has 0 saturated carbocycles. The van der Waals surface area contributed by atoms with Gasteiger partial charge in [-0.1, -0.05) is 6.07 Å². The number of nitrogens with zero attached hydrogens (tertiary/aromatic N) is 2. The van der Waals surface area contributed by atoms with Gasteiger partial charge in [0.05, 0.1) is 6.04 Å². The van der Waals surface area contributed by atoms with Gasteiger partial charge in [-0.05, 0) is 25.1 Å². The van der Waals surface area contributed by atoms with Crippen molar-refractivity contribution in [3.8, 4) is 0 Å². The monoisotopic (exact) mass is 258 g/mol. The summed E-state index contributed by atoms with van der Waals surface area (Å²) in [4.78, 5) is 15.3. The normalized spacial score (nSPS) is 11.9. The van der Waals surface area contributed by atoms with E-state index in [9.17, 15) is 4.79 Å². The lowest BCUT2D eigenvalue weighted by molar-refractivity contribution is -0.114. The SMILES string of the molecule is CC(=O)Nc1cccc(NC(C)c2nccn2C)c1. The van der Waals surface area contributed by atoms with Gasteiger partial charge in [-0.25, -0.2) is 4.98 Å². The lowest BCUT2D eigenvalue weighted by atomic mass is 10.2. The van der Waals surface area contributed by atoms with Gasteiger partial charge in [-0.2, -0.15) is 0 Å². The molecule has 0 fully saturated rings. The second-order valence-electron chi connectivity index (χ2n) is 4.52. The Kier molecular flexibility index (Phi) is 3.85. The van der Waals surface area contributed by atoms with E-state index in [4.69, 9.17) is 0 Å². The lowest BCUT2D eigenvalue weighted by Crippen LogP contribution is -2.12. The summed E-state index contributed by atoms with van der Waals surface area (Å²) in [5.74, 6) is 0.888. The molecule has 2 rings (SSSR count). The Morgan fingerprint density at radius 2 is 2.11 bits per heavy atom. The molecule has 100 valence electrons. The number of rotatable bonds is 4. The molecule has 1 aromatic heterocycles. The molecule has 1 heterocycles. The molecule has 0 radical (unpaired) electrons. The van der Waals surface area contributed by atoms with Gasteiger partial charge in [-0.3, -0.25) is 4.79 Å². The Hall–Kier alpha value is -2.30. The molecule has 1 atom stereocenters. The van der Waals surface area contributed by atoms with Crippen LogP contribution < -0.4 is 10.6 Å². The van der Waals surface area contributed by atoms with Crippen molar-refractivity contribution in [3.63, 3.8) is 0 Å². The van der Waals surface area contributed by atoms with Gasteiger partial charge in [0.2, 0.25) is 5.91 Å². The van der Waals surface area contributed by atoms with Crippen LogP contribution in [0.15, 0.2) is 36.7 Å². The van der Waals surface area contributed by atoms with Gasteiger partial charge in [-0.15, -0.1) is 0 Å². The first-order valence-corrected chi connectivity index (χ1v) is 6.17. The molecule has 0 spiro atoms. The summed E-state index contributed by atoms with van der Waals surface area (Å²) in [5.41, 5.74) is 1.73. The standard InChI is InChI=1S/C14H18N4O/c1-10(14-15-7-8-18(14)3)16-12-5-4-6-13(9-12)17-11(2)19/h4-10,16H,1-3H3,(H,17,19). The Balaban J connectivity index is 2.11. The first kappa shape index (κ1) is 13.1. The second-order valence-corrected chi connectivity index (χ2v) is 4.52. The van der Waals surface area contributed by atoms with Crippen LogP contribution >= 0.6 is 0 Å². The van der Waals surface area contributed by atoms with Gasteiger partial charge in [0.15, 0.2) is 0 Å². The van der Waals surface area contributed by atoms with E-state index >= 15 is 0 Å². The zero-order valence-electron chi connectivity index (χ0n) is 11.3. The third kappa shape index (κ3) is 3.34. The summed E-state index contributed by atoms with van der Waals surface area (Å²) in [6, 6.07) is 7.72. The molecule has 0 aliphatic rings. The van der Waals surface area contributed by atoms with Crippen molar-refractivity contribution >= 4 is 17.3 Å². The fourth-order valence-electron chi connectivity index (χ4n) is 2.00. The molecule has 0 bridgehead atoms. The van der Waals surface area contributed by atoms with E-state index in [1.54, 1.807) is 6.20 Å². The maximum Gasteiger partial charge on any atom is 0.221 e. The van der Waals surface area contributed by atoms with E-state index in [0.717, 1.165) is 17.2 Å². The van der Waals surface area contributed by atoms with Crippen molar-refractivity contribution in [1.82, 2.24) is 9.55 Å². The summed E-state index contributed by atoms with van der Waals surface area (Å²) in [5, 5.41) is 6.13.